The van der Waals surface area contributed by atoms with Gasteiger partial charge >= 0.3 is 0 Å². The largest absolute Gasteiger partial charge is 0.330 e. The summed E-state index contributed by atoms with van der Waals surface area (Å²) in [6.07, 6.45) is 0.785. The Morgan fingerprint density at radius 1 is 1.77 bits per heavy atom. The van der Waals surface area contributed by atoms with Gasteiger partial charge in [0.2, 0.25) is 5.91 Å². The average molecular weight is 198 g/mol. The van der Waals surface area contributed by atoms with Crippen LogP contribution in [-0.4, -0.2) is 12.5 Å². The summed E-state index contributed by atoms with van der Waals surface area (Å²) in [5, 5.41) is 5.64. The van der Waals surface area contributed by atoms with Crippen molar-refractivity contribution in [3.63, 3.8) is 0 Å². The van der Waals surface area contributed by atoms with Gasteiger partial charge in [0.05, 0.1) is 10.9 Å². The molecule has 0 spiro atoms. The smallest absolute Gasteiger partial charge is 0.229 e. The molecule has 4 heteroatoms. The van der Waals surface area contributed by atoms with E-state index in [-0.39, 0.29) is 11.8 Å². The van der Waals surface area contributed by atoms with E-state index in [4.69, 9.17) is 5.73 Å². The fourth-order valence-electron chi connectivity index (χ4n) is 1.03. The zero-order valence-corrected chi connectivity index (χ0v) is 8.43. The predicted molar refractivity (Wildman–Crippen MR) is 55.8 cm³/mol. The Labute approximate surface area is 81.9 Å². The fraction of sp³-hybridized carbons (Fsp3) is 0.444. The first-order chi connectivity index (χ1) is 6.27. The number of nitrogens with one attached hydrogen (secondary N) is 1. The van der Waals surface area contributed by atoms with Crippen LogP contribution in [0.5, 0.6) is 0 Å². The average Bonchev–Trinajstić information content (AvgIpc) is 2.59. The van der Waals surface area contributed by atoms with E-state index >= 15 is 0 Å². The summed E-state index contributed by atoms with van der Waals surface area (Å²) < 4.78 is 0. The van der Waals surface area contributed by atoms with Gasteiger partial charge in [-0.25, -0.2) is 0 Å². The third-order valence-electron chi connectivity index (χ3n) is 1.92. The zero-order chi connectivity index (χ0) is 9.68. The normalized spacial score (nSPS) is 12.5. The molecule has 1 aromatic rings. The van der Waals surface area contributed by atoms with Gasteiger partial charge < -0.3 is 11.1 Å². The van der Waals surface area contributed by atoms with Crippen LogP contribution in [0.15, 0.2) is 17.5 Å². The van der Waals surface area contributed by atoms with Gasteiger partial charge in [-0.05, 0) is 23.9 Å². The lowest BCUT2D eigenvalue weighted by molar-refractivity contribution is -0.119. The Balaban J connectivity index is 2.49. The van der Waals surface area contributed by atoms with Gasteiger partial charge in [0, 0.05) is 6.54 Å². The Bertz CT molecular complexity index is 255. The molecule has 1 unspecified atom stereocenters. The van der Waals surface area contributed by atoms with E-state index in [0.29, 0.717) is 6.54 Å². The van der Waals surface area contributed by atoms with Gasteiger partial charge in [-0.2, -0.15) is 0 Å². The molecule has 1 aromatic heterocycles. The molecule has 3 N–H and O–H groups in total. The first-order valence-corrected chi connectivity index (χ1v) is 5.20. The van der Waals surface area contributed by atoms with Crippen molar-refractivity contribution < 1.29 is 4.79 Å². The van der Waals surface area contributed by atoms with E-state index < -0.39 is 0 Å². The molecule has 0 aliphatic rings. The Morgan fingerprint density at radius 3 is 3.00 bits per heavy atom. The molecule has 0 aromatic carbocycles. The van der Waals surface area contributed by atoms with Crippen LogP contribution in [0.1, 0.15) is 13.3 Å². The van der Waals surface area contributed by atoms with E-state index in [9.17, 15) is 4.79 Å². The van der Waals surface area contributed by atoms with E-state index in [1.54, 1.807) is 0 Å². The number of nitrogens with two attached hydrogens (primary N) is 1. The molecule has 0 bridgehead atoms. The maximum absolute atomic E-state index is 11.5. The maximum Gasteiger partial charge on any atom is 0.229 e. The number of hydrogen-bond donors (Lipinski definition) is 2. The molecule has 0 aliphatic carbocycles. The second-order valence-electron chi connectivity index (χ2n) is 2.81. The van der Waals surface area contributed by atoms with Gasteiger partial charge in [0.15, 0.2) is 0 Å². The van der Waals surface area contributed by atoms with Crippen LogP contribution in [-0.2, 0) is 4.79 Å². The molecular weight excluding hydrogens is 184 g/mol. The molecule has 1 amide bonds. The molecule has 0 aliphatic heterocycles. The van der Waals surface area contributed by atoms with Crippen molar-refractivity contribution in [3.05, 3.63) is 17.5 Å². The highest BCUT2D eigenvalue weighted by atomic mass is 32.1. The molecule has 0 saturated heterocycles. The molecule has 0 saturated carbocycles. The van der Waals surface area contributed by atoms with Crippen molar-refractivity contribution in [1.82, 2.24) is 0 Å². The van der Waals surface area contributed by atoms with Crippen LogP contribution in [0.2, 0.25) is 0 Å². The Kier molecular flexibility index (Phi) is 3.92. The van der Waals surface area contributed by atoms with Crippen LogP contribution < -0.4 is 11.1 Å². The molecule has 1 rings (SSSR count). The summed E-state index contributed by atoms with van der Waals surface area (Å²) in [4.78, 5) is 11.5. The van der Waals surface area contributed by atoms with Crippen molar-refractivity contribution in [3.8, 4) is 0 Å². The molecule has 1 heterocycles. The van der Waals surface area contributed by atoms with Crippen LogP contribution in [0.4, 0.5) is 5.00 Å². The number of thiophene rings is 1. The molecule has 0 fully saturated rings. The number of hydrogen-bond acceptors (Lipinski definition) is 3. The minimum absolute atomic E-state index is 0.0208. The first kappa shape index (κ1) is 10.2. The van der Waals surface area contributed by atoms with Crippen LogP contribution >= 0.6 is 11.3 Å². The second-order valence-corrected chi connectivity index (χ2v) is 3.76. The summed E-state index contributed by atoms with van der Waals surface area (Å²) in [5.41, 5.74) is 5.46. The topological polar surface area (TPSA) is 55.1 Å². The monoisotopic (exact) mass is 198 g/mol. The van der Waals surface area contributed by atoms with E-state index in [1.165, 1.54) is 11.3 Å². The summed E-state index contributed by atoms with van der Waals surface area (Å²) in [6, 6.07) is 3.79. The summed E-state index contributed by atoms with van der Waals surface area (Å²) in [6.45, 7) is 2.37. The van der Waals surface area contributed by atoms with Crippen LogP contribution in [0.25, 0.3) is 0 Å². The van der Waals surface area contributed by atoms with Gasteiger partial charge in [0.25, 0.3) is 0 Å². The standard InChI is InChI=1S/C9H14N2OS/c1-2-7(6-10)9(12)11-8-4-3-5-13-8/h3-5,7H,2,6,10H2,1H3,(H,11,12). The highest BCUT2D eigenvalue weighted by Crippen LogP contribution is 2.16. The summed E-state index contributed by atoms with van der Waals surface area (Å²) >= 11 is 1.52. The molecule has 1 atom stereocenters. The van der Waals surface area contributed by atoms with Gasteiger partial charge in [-0.1, -0.05) is 6.92 Å². The third-order valence-corrected chi connectivity index (χ3v) is 2.70. The Morgan fingerprint density at radius 2 is 2.54 bits per heavy atom. The number of rotatable bonds is 4. The summed E-state index contributed by atoms with van der Waals surface area (Å²) in [7, 11) is 0. The van der Waals surface area contributed by atoms with Crippen molar-refractivity contribution >= 4 is 22.2 Å². The van der Waals surface area contributed by atoms with Crippen LogP contribution in [0.3, 0.4) is 0 Å². The van der Waals surface area contributed by atoms with Crippen molar-refractivity contribution in [2.75, 3.05) is 11.9 Å². The van der Waals surface area contributed by atoms with Crippen molar-refractivity contribution in [2.24, 2.45) is 11.7 Å². The highest BCUT2D eigenvalue weighted by molar-refractivity contribution is 7.14. The highest BCUT2D eigenvalue weighted by Gasteiger charge is 2.14. The molecule has 72 valence electrons. The fourth-order valence-corrected chi connectivity index (χ4v) is 1.65. The van der Waals surface area contributed by atoms with E-state index in [1.807, 2.05) is 24.4 Å². The number of amides is 1. The molecular formula is C9H14N2OS. The minimum Gasteiger partial charge on any atom is -0.330 e. The number of anilines is 1. The predicted octanol–water partition coefficient (Wildman–Crippen LogP) is 1.67. The van der Waals surface area contributed by atoms with Crippen molar-refractivity contribution in [1.29, 1.82) is 0 Å². The zero-order valence-electron chi connectivity index (χ0n) is 7.62. The quantitative estimate of drug-likeness (QED) is 0.773. The minimum atomic E-state index is -0.0675. The lowest BCUT2D eigenvalue weighted by atomic mass is 10.1. The third kappa shape index (κ3) is 2.82. The molecule has 0 radical (unpaired) electrons. The van der Waals surface area contributed by atoms with Crippen molar-refractivity contribution in [2.45, 2.75) is 13.3 Å². The summed E-state index contributed by atoms with van der Waals surface area (Å²) in [5.74, 6) is -0.0467. The van der Waals surface area contributed by atoms with E-state index in [0.717, 1.165) is 11.4 Å². The molecule has 3 nitrogen and oxygen atoms in total. The van der Waals surface area contributed by atoms with Gasteiger partial charge in [-0.3, -0.25) is 4.79 Å². The Hall–Kier alpha value is -0.870. The number of carbonyl (C=O) groups excluding carboxylic acids is 1. The van der Waals surface area contributed by atoms with Gasteiger partial charge in [-0.15, -0.1) is 11.3 Å². The first-order valence-electron chi connectivity index (χ1n) is 4.32. The second kappa shape index (κ2) is 4.99. The lowest BCUT2D eigenvalue weighted by Gasteiger charge is -2.10. The van der Waals surface area contributed by atoms with Crippen LogP contribution in [0, 0.1) is 5.92 Å². The number of carbonyl (C=O) groups is 1. The van der Waals surface area contributed by atoms with E-state index in [2.05, 4.69) is 5.32 Å². The maximum atomic E-state index is 11.5. The SMILES string of the molecule is CCC(CN)C(=O)Nc1cccs1. The lowest BCUT2D eigenvalue weighted by Crippen LogP contribution is -2.28. The van der Waals surface area contributed by atoms with Gasteiger partial charge in [0.1, 0.15) is 0 Å². The molecule has 13 heavy (non-hydrogen) atoms.